The van der Waals surface area contributed by atoms with Gasteiger partial charge in [-0.05, 0) is 5.92 Å². The highest BCUT2D eigenvalue weighted by molar-refractivity contribution is 5.32. The summed E-state index contributed by atoms with van der Waals surface area (Å²) in [5.41, 5.74) is 0. The maximum Gasteiger partial charge on any atom is 0.290 e. The monoisotopic (exact) mass is 158 g/mol. The summed E-state index contributed by atoms with van der Waals surface area (Å²) in [6.45, 7) is 2.13. The van der Waals surface area contributed by atoms with Crippen LogP contribution in [0.15, 0.2) is 0 Å². The van der Waals surface area contributed by atoms with Crippen LogP contribution in [0.5, 0.6) is 0 Å². The van der Waals surface area contributed by atoms with Crippen molar-refractivity contribution in [2.24, 2.45) is 5.92 Å². The molecule has 1 fully saturated rings. The molecule has 1 aliphatic rings. The van der Waals surface area contributed by atoms with Crippen molar-refractivity contribution in [1.82, 2.24) is 0 Å². The number of carbonyl (C=O) groups is 1. The molecule has 1 aliphatic carbocycles. The molecule has 2 nitrogen and oxygen atoms in total. The van der Waals surface area contributed by atoms with Crippen LogP contribution < -0.4 is 0 Å². The molecule has 0 amide bonds. The van der Waals surface area contributed by atoms with Gasteiger partial charge in [0.25, 0.3) is 6.47 Å². The molecular formula is C9H18O2. The van der Waals surface area contributed by atoms with E-state index in [4.69, 9.17) is 9.90 Å². The lowest BCUT2D eigenvalue weighted by Crippen LogP contribution is -1.88. The van der Waals surface area contributed by atoms with Crippen LogP contribution >= 0.6 is 0 Å². The molecule has 66 valence electrons. The molecule has 11 heavy (non-hydrogen) atoms. The van der Waals surface area contributed by atoms with E-state index in [1.807, 2.05) is 0 Å². The summed E-state index contributed by atoms with van der Waals surface area (Å²) in [5, 5.41) is 6.89. The van der Waals surface area contributed by atoms with E-state index in [1.54, 1.807) is 0 Å². The highest BCUT2D eigenvalue weighted by Crippen LogP contribution is 2.21. The predicted molar refractivity (Wildman–Crippen MR) is 45.6 cm³/mol. The van der Waals surface area contributed by atoms with Crippen LogP contribution in [-0.2, 0) is 4.79 Å². The van der Waals surface area contributed by atoms with Crippen LogP contribution in [0.4, 0.5) is 0 Å². The van der Waals surface area contributed by atoms with Crippen LogP contribution in [0.2, 0.25) is 0 Å². The molecule has 0 aromatic heterocycles. The molecule has 0 saturated heterocycles. The number of hydrogen-bond acceptors (Lipinski definition) is 1. The zero-order valence-electron chi connectivity index (χ0n) is 7.25. The lowest BCUT2D eigenvalue weighted by Gasteiger charge is -2.02. The first kappa shape index (κ1) is 10.5. The van der Waals surface area contributed by atoms with Gasteiger partial charge in [-0.25, -0.2) is 0 Å². The summed E-state index contributed by atoms with van der Waals surface area (Å²) >= 11 is 0. The molecule has 1 saturated carbocycles. The fourth-order valence-corrected chi connectivity index (χ4v) is 1.48. The molecule has 0 aromatic rings. The van der Waals surface area contributed by atoms with Crippen molar-refractivity contribution in [3.63, 3.8) is 0 Å². The van der Waals surface area contributed by atoms with Gasteiger partial charge in [-0.3, -0.25) is 4.79 Å². The Morgan fingerprint density at radius 2 is 1.55 bits per heavy atom. The van der Waals surface area contributed by atoms with Gasteiger partial charge < -0.3 is 5.11 Å². The topological polar surface area (TPSA) is 37.3 Å². The van der Waals surface area contributed by atoms with E-state index in [0.29, 0.717) is 0 Å². The third kappa shape index (κ3) is 7.37. The highest BCUT2D eigenvalue weighted by atomic mass is 16.3. The third-order valence-electron chi connectivity index (χ3n) is 2.14. The maximum absolute atomic E-state index is 8.36. The fourth-order valence-electron chi connectivity index (χ4n) is 1.48. The average Bonchev–Trinajstić information content (AvgIpc) is 2.18. The van der Waals surface area contributed by atoms with E-state index in [9.17, 15) is 0 Å². The third-order valence-corrected chi connectivity index (χ3v) is 2.14. The van der Waals surface area contributed by atoms with E-state index in [1.165, 1.54) is 38.5 Å². The highest BCUT2D eigenvalue weighted by Gasteiger charge is 2.04. The zero-order chi connectivity index (χ0) is 8.53. The van der Waals surface area contributed by atoms with E-state index in [0.717, 1.165) is 5.92 Å². The largest absolute Gasteiger partial charge is 0.483 e. The molecule has 0 heterocycles. The molecule has 1 rings (SSSR count). The van der Waals surface area contributed by atoms with Gasteiger partial charge in [0.15, 0.2) is 0 Å². The molecule has 0 radical (unpaired) electrons. The van der Waals surface area contributed by atoms with Crippen LogP contribution in [0.25, 0.3) is 0 Å². The smallest absolute Gasteiger partial charge is 0.290 e. The van der Waals surface area contributed by atoms with E-state index < -0.39 is 0 Å². The van der Waals surface area contributed by atoms with Gasteiger partial charge in [-0.2, -0.15) is 0 Å². The number of rotatable bonds is 0. The summed E-state index contributed by atoms with van der Waals surface area (Å²) in [6.07, 6.45) is 8.93. The molecule has 0 unspecified atom stereocenters. The second kappa shape index (κ2) is 7.58. The summed E-state index contributed by atoms with van der Waals surface area (Å²) in [4.78, 5) is 8.36. The Morgan fingerprint density at radius 1 is 1.18 bits per heavy atom. The van der Waals surface area contributed by atoms with Crippen molar-refractivity contribution in [2.75, 3.05) is 0 Å². The molecule has 1 N–H and O–H groups in total. The number of hydrogen-bond donors (Lipinski definition) is 1. The summed E-state index contributed by atoms with van der Waals surface area (Å²) in [6, 6.07) is 0. The van der Waals surface area contributed by atoms with Crippen molar-refractivity contribution in [1.29, 1.82) is 0 Å². The van der Waals surface area contributed by atoms with Gasteiger partial charge in [0, 0.05) is 0 Å². The van der Waals surface area contributed by atoms with Crippen molar-refractivity contribution in [3.05, 3.63) is 0 Å². The minimum Gasteiger partial charge on any atom is -0.483 e. The van der Waals surface area contributed by atoms with Crippen molar-refractivity contribution < 1.29 is 9.90 Å². The SMILES string of the molecule is CC1CCCCCC1.O=CO. The van der Waals surface area contributed by atoms with Gasteiger partial charge >= 0.3 is 0 Å². The molecule has 0 bridgehead atoms. The number of carboxylic acid groups (broad SMARTS) is 1. The summed E-state index contributed by atoms with van der Waals surface area (Å²) in [7, 11) is 0. The normalized spacial score (nSPS) is 19.4. The first-order valence-corrected chi connectivity index (χ1v) is 4.39. The Balaban J connectivity index is 0.000000292. The lowest BCUT2D eigenvalue weighted by atomic mass is 10.0. The average molecular weight is 158 g/mol. The predicted octanol–water partition coefficient (Wildman–Crippen LogP) is 2.68. The van der Waals surface area contributed by atoms with Crippen molar-refractivity contribution in [2.45, 2.75) is 45.4 Å². The van der Waals surface area contributed by atoms with E-state index in [2.05, 4.69) is 6.92 Å². The van der Waals surface area contributed by atoms with Crippen molar-refractivity contribution >= 4 is 6.47 Å². The van der Waals surface area contributed by atoms with Gasteiger partial charge in [0.05, 0.1) is 0 Å². The van der Waals surface area contributed by atoms with E-state index in [-0.39, 0.29) is 6.47 Å². The molecule has 0 aliphatic heterocycles. The van der Waals surface area contributed by atoms with Crippen molar-refractivity contribution in [3.8, 4) is 0 Å². The Hall–Kier alpha value is -0.530. The molecule has 0 aromatic carbocycles. The molecule has 0 atom stereocenters. The quantitative estimate of drug-likeness (QED) is 0.434. The first-order valence-electron chi connectivity index (χ1n) is 4.39. The zero-order valence-corrected chi connectivity index (χ0v) is 7.25. The second-order valence-corrected chi connectivity index (χ2v) is 3.20. The lowest BCUT2D eigenvalue weighted by molar-refractivity contribution is -0.122. The first-order chi connectivity index (χ1) is 5.31. The maximum atomic E-state index is 8.36. The Labute approximate surface area is 68.6 Å². The Morgan fingerprint density at radius 3 is 1.91 bits per heavy atom. The standard InChI is InChI=1S/C8H16.CH2O2/c1-8-6-4-2-3-5-7-8;2-1-3/h8H,2-7H2,1H3;1H,(H,2,3). The summed E-state index contributed by atoms with van der Waals surface area (Å²) < 4.78 is 0. The molecule has 2 heteroatoms. The fraction of sp³-hybridized carbons (Fsp3) is 0.889. The second-order valence-electron chi connectivity index (χ2n) is 3.20. The van der Waals surface area contributed by atoms with Gasteiger partial charge in [-0.15, -0.1) is 0 Å². The Kier molecular flexibility index (Phi) is 7.21. The minimum absolute atomic E-state index is 0.250. The minimum atomic E-state index is -0.250. The molecular weight excluding hydrogens is 140 g/mol. The van der Waals surface area contributed by atoms with Crippen LogP contribution in [-0.4, -0.2) is 11.6 Å². The van der Waals surface area contributed by atoms with E-state index >= 15 is 0 Å². The molecule has 0 spiro atoms. The van der Waals surface area contributed by atoms with Gasteiger partial charge in [0.1, 0.15) is 0 Å². The van der Waals surface area contributed by atoms with Gasteiger partial charge in [-0.1, -0.05) is 45.4 Å². The van der Waals surface area contributed by atoms with Gasteiger partial charge in [0.2, 0.25) is 0 Å². The summed E-state index contributed by atoms with van der Waals surface area (Å²) in [5.74, 6) is 1.03. The van der Waals surface area contributed by atoms with Crippen LogP contribution in [0, 0.1) is 5.92 Å². The van der Waals surface area contributed by atoms with Crippen LogP contribution in [0.1, 0.15) is 45.4 Å². The van der Waals surface area contributed by atoms with Crippen LogP contribution in [0.3, 0.4) is 0 Å². The Bertz CT molecular complexity index is 83.6.